The van der Waals surface area contributed by atoms with Crippen molar-refractivity contribution in [1.82, 2.24) is 10.2 Å². The number of hydrogen-bond donors (Lipinski definition) is 2. The average Bonchev–Trinajstić information content (AvgIpc) is 2.99. The van der Waals surface area contributed by atoms with Gasteiger partial charge in [-0.1, -0.05) is 29.5 Å². The summed E-state index contributed by atoms with van der Waals surface area (Å²) < 4.78 is 0.621. The molecule has 2 amide bonds. The quantitative estimate of drug-likeness (QED) is 0.428. The van der Waals surface area contributed by atoms with Crippen LogP contribution in [0.1, 0.15) is 36.5 Å². The summed E-state index contributed by atoms with van der Waals surface area (Å²) in [7, 11) is 0. The van der Waals surface area contributed by atoms with Crippen LogP contribution in [0.25, 0.3) is 0 Å². The van der Waals surface area contributed by atoms with Crippen molar-refractivity contribution < 1.29 is 14.4 Å². The van der Waals surface area contributed by atoms with Gasteiger partial charge in [0.1, 0.15) is 0 Å². The summed E-state index contributed by atoms with van der Waals surface area (Å²) in [4.78, 5) is 35.1. The van der Waals surface area contributed by atoms with E-state index in [1.807, 2.05) is 0 Å². The van der Waals surface area contributed by atoms with Crippen molar-refractivity contribution in [3.8, 4) is 0 Å². The monoisotopic (exact) mass is 390 g/mol. The number of carbonyl (C=O) groups excluding carboxylic acids is 3. The highest BCUT2D eigenvalue weighted by atomic mass is 32.2. The summed E-state index contributed by atoms with van der Waals surface area (Å²) in [6.07, 6.45) is 2.96. The van der Waals surface area contributed by atoms with Gasteiger partial charge in [-0.2, -0.15) is 0 Å². The highest BCUT2D eigenvalue weighted by molar-refractivity contribution is 8.01. The van der Waals surface area contributed by atoms with E-state index < -0.39 is 0 Å². The number of hydrogen-bond acceptors (Lipinski definition) is 7. The summed E-state index contributed by atoms with van der Waals surface area (Å²) in [6, 6.07) is 6.73. The van der Waals surface area contributed by atoms with Crippen LogP contribution in [0, 0.1) is 5.92 Å². The lowest BCUT2D eigenvalue weighted by Gasteiger charge is -2.23. The third-order valence-corrected chi connectivity index (χ3v) is 5.99. The van der Waals surface area contributed by atoms with E-state index in [1.54, 1.807) is 24.3 Å². The summed E-state index contributed by atoms with van der Waals surface area (Å²) in [5, 5.41) is 13.9. The molecule has 1 aromatic heterocycles. The Morgan fingerprint density at radius 3 is 2.50 bits per heavy atom. The summed E-state index contributed by atoms with van der Waals surface area (Å²) >= 11 is 2.52. The minimum absolute atomic E-state index is 0.00398. The molecule has 9 heteroatoms. The van der Waals surface area contributed by atoms with Gasteiger partial charge >= 0.3 is 0 Å². The predicted molar refractivity (Wildman–Crippen MR) is 102 cm³/mol. The Balaban J connectivity index is 1.45. The molecule has 1 heterocycles. The number of amides is 2. The largest absolute Gasteiger partial charge is 0.325 e. The first-order valence-corrected chi connectivity index (χ1v) is 9.99. The van der Waals surface area contributed by atoms with E-state index in [0.29, 0.717) is 20.7 Å². The summed E-state index contributed by atoms with van der Waals surface area (Å²) in [5.74, 6) is 0.0706. The molecule has 0 aliphatic heterocycles. The van der Waals surface area contributed by atoms with E-state index in [2.05, 4.69) is 20.8 Å². The first-order valence-electron chi connectivity index (χ1n) is 8.19. The lowest BCUT2D eigenvalue weighted by Crippen LogP contribution is -2.27. The normalized spacial score (nSPS) is 13.7. The molecule has 1 fully saturated rings. The van der Waals surface area contributed by atoms with Gasteiger partial charge in [0.05, 0.1) is 5.75 Å². The Morgan fingerprint density at radius 2 is 1.88 bits per heavy atom. The molecule has 26 heavy (non-hydrogen) atoms. The van der Waals surface area contributed by atoms with Crippen molar-refractivity contribution in [1.29, 1.82) is 0 Å². The summed E-state index contributed by atoms with van der Waals surface area (Å²) in [5.41, 5.74) is 1.23. The Labute approximate surface area is 159 Å². The number of ketones is 1. The van der Waals surface area contributed by atoms with Gasteiger partial charge in [-0.3, -0.25) is 14.4 Å². The zero-order valence-corrected chi connectivity index (χ0v) is 15.8. The van der Waals surface area contributed by atoms with Crippen LogP contribution >= 0.6 is 23.1 Å². The van der Waals surface area contributed by atoms with E-state index in [1.165, 1.54) is 30.0 Å². The number of carbonyl (C=O) groups is 3. The Bertz CT molecular complexity index is 816. The molecule has 1 aliphatic carbocycles. The minimum Gasteiger partial charge on any atom is -0.325 e. The van der Waals surface area contributed by atoms with E-state index in [0.717, 1.165) is 19.3 Å². The summed E-state index contributed by atoms with van der Waals surface area (Å²) in [6.45, 7) is 1.50. The van der Waals surface area contributed by atoms with Gasteiger partial charge in [-0.15, -0.1) is 10.2 Å². The molecule has 1 saturated carbocycles. The maximum Gasteiger partial charge on any atom is 0.234 e. The molecule has 2 aromatic rings. The van der Waals surface area contributed by atoms with Crippen molar-refractivity contribution in [2.45, 2.75) is 30.5 Å². The number of nitrogens with zero attached hydrogens (tertiary/aromatic N) is 2. The Hall–Kier alpha value is -2.26. The fourth-order valence-corrected chi connectivity index (χ4v) is 3.86. The van der Waals surface area contributed by atoms with Gasteiger partial charge < -0.3 is 10.6 Å². The van der Waals surface area contributed by atoms with Gasteiger partial charge in [0.25, 0.3) is 0 Å². The van der Waals surface area contributed by atoms with E-state index >= 15 is 0 Å². The zero-order valence-electron chi connectivity index (χ0n) is 14.2. The predicted octanol–water partition coefficient (Wildman–Crippen LogP) is 3.21. The molecular weight excluding hydrogens is 372 g/mol. The molecular formula is C17H18N4O3S2. The third-order valence-electron chi connectivity index (χ3n) is 4.01. The number of rotatable bonds is 7. The number of nitrogens with one attached hydrogen (secondary N) is 2. The molecule has 7 nitrogen and oxygen atoms in total. The molecule has 0 unspecified atom stereocenters. The smallest absolute Gasteiger partial charge is 0.234 e. The van der Waals surface area contributed by atoms with Gasteiger partial charge in [0.15, 0.2) is 10.1 Å². The Morgan fingerprint density at radius 1 is 1.15 bits per heavy atom. The number of thioether (sulfide) groups is 1. The molecule has 1 aromatic carbocycles. The number of Topliss-reactive ketones (excluding diaryl/α,β-unsaturated/α-hetero) is 1. The van der Waals surface area contributed by atoms with Crippen molar-refractivity contribution in [3.63, 3.8) is 0 Å². The minimum atomic E-state index is -0.180. The lowest BCUT2D eigenvalue weighted by molar-refractivity contribution is -0.122. The standard InChI is InChI=1S/C17H18N4O3S2/c1-10(22)11-5-7-13(8-6-11)18-14(23)9-25-17-21-20-16(26-17)19-15(24)12-3-2-4-12/h5-8,12H,2-4,9H2,1H3,(H,18,23)(H,19,20,24). The van der Waals surface area contributed by atoms with Crippen LogP contribution in [-0.4, -0.2) is 33.5 Å². The van der Waals surface area contributed by atoms with Gasteiger partial charge in [-0.05, 0) is 44.0 Å². The fraction of sp³-hybridized carbons (Fsp3) is 0.353. The Kier molecular flexibility index (Phi) is 6.00. The molecule has 0 spiro atoms. The second-order valence-corrected chi connectivity index (χ2v) is 8.16. The molecule has 136 valence electrons. The van der Waals surface area contributed by atoms with Crippen molar-refractivity contribution >= 4 is 51.5 Å². The van der Waals surface area contributed by atoms with Crippen LogP contribution in [0.5, 0.6) is 0 Å². The van der Waals surface area contributed by atoms with Crippen LogP contribution in [0.2, 0.25) is 0 Å². The van der Waals surface area contributed by atoms with Crippen molar-refractivity contribution in [3.05, 3.63) is 29.8 Å². The van der Waals surface area contributed by atoms with Gasteiger partial charge in [0, 0.05) is 17.2 Å². The second-order valence-electron chi connectivity index (χ2n) is 5.96. The maximum atomic E-state index is 12.0. The lowest BCUT2D eigenvalue weighted by atomic mass is 9.85. The molecule has 0 bridgehead atoms. The highest BCUT2D eigenvalue weighted by Crippen LogP contribution is 2.30. The van der Waals surface area contributed by atoms with E-state index in [4.69, 9.17) is 0 Å². The number of aromatic nitrogens is 2. The number of anilines is 2. The first kappa shape index (κ1) is 18.5. The average molecular weight is 390 g/mol. The van der Waals surface area contributed by atoms with Crippen molar-refractivity contribution in [2.24, 2.45) is 5.92 Å². The van der Waals surface area contributed by atoms with E-state index in [-0.39, 0.29) is 29.3 Å². The third kappa shape index (κ3) is 4.89. The first-order chi connectivity index (χ1) is 12.5. The van der Waals surface area contributed by atoms with Crippen LogP contribution < -0.4 is 10.6 Å². The van der Waals surface area contributed by atoms with Gasteiger partial charge in [0.2, 0.25) is 16.9 Å². The topological polar surface area (TPSA) is 101 Å². The second kappa shape index (κ2) is 8.41. The molecule has 2 N–H and O–H groups in total. The maximum absolute atomic E-state index is 12.0. The SMILES string of the molecule is CC(=O)c1ccc(NC(=O)CSc2nnc(NC(=O)C3CCC3)s2)cc1. The molecule has 3 rings (SSSR count). The molecule has 0 saturated heterocycles. The zero-order chi connectivity index (χ0) is 18.5. The van der Waals surface area contributed by atoms with Crippen LogP contribution in [0.15, 0.2) is 28.6 Å². The molecule has 0 radical (unpaired) electrons. The van der Waals surface area contributed by atoms with E-state index in [9.17, 15) is 14.4 Å². The van der Waals surface area contributed by atoms with Gasteiger partial charge in [-0.25, -0.2) is 0 Å². The fourth-order valence-electron chi connectivity index (χ4n) is 2.31. The van der Waals surface area contributed by atoms with Crippen LogP contribution in [0.4, 0.5) is 10.8 Å². The van der Waals surface area contributed by atoms with Crippen LogP contribution in [0.3, 0.4) is 0 Å². The molecule has 1 aliphatic rings. The number of benzene rings is 1. The molecule has 0 atom stereocenters. The highest BCUT2D eigenvalue weighted by Gasteiger charge is 2.26. The van der Waals surface area contributed by atoms with Crippen molar-refractivity contribution in [2.75, 3.05) is 16.4 Å². The van der Waals surface area contributed by atoms with Crippen LogP contribution in [-0.2, 0) is 9.59 Å².